The number of benzene rings is 2. The number of aromatic nitrogens is 3. The maximum absolute atomic E-state index is 13.2. The van der Waals surface area contributed by atoms with Gasteiger partial charge in [-0.15, -0.1) is 0 Å². The Balaban J connectivity index is 1.45. The number of hydrogen-bond donors (Lipinski definition) is 1. The van der Waals surface area contributed by atoms with E-state index in [1.165, 1.54) is 11.3 Å². The Kier molecular flexibility index (Phi) is 5.73. The standard InChI is InChI=1S/C25H17ClN4O2S/c1-32-22-5-3-2-4-17(22)19-14-27-11-10-18(19)24(31)30-25-29-21-8-6-15(12-23(21)33-25)20-9-7-16(26)13-28-20/h2-14H,1H3,(H,29,30,31). The lowest BCUT2D eigenvalue weighted by atomic mass is 10.0. The summed E-state index contributed by atoms with van der Waals surface area (Å²) in [5.41, 5.74) is 4.53. The van der Waals surface area contributed by atoms with E-state index in [4.69, 9.17) is 16.3 Å². The molecule has 1 N–H and O–H groups in total. The first-order valence-electron chi connectivity index (χ1n) is 10.0. The Morgan fingerprint density at radius 1 is 1.03 bits per heavy atom. The number of nitrogens with zero attached hydrogens (tertiary/aromatic N) is 3. The molecule has 6 nitrogen and oxygen atoms in total. The SMILES string of the molecule is COc1ccccc1-c1cnccc1C(=O)Nc1nc2ccc(-c3ccc(Cl)cn3)cc2s1. The van der Waals surface area contributed by atoms with E-state index >= 15 is 0 Å². The van der Waals surface area contributed by atoms with Crippen molar-refractivity contribution in [3.63, 3.8) is 0 Å². The van der Waals surface area contributed by atoms with E-state index in [0.717, 1.165) is 27.0 Å². The highest BCUT2D eigenvalue weighted by Crippen LogP contribution is 2.33. The molecule has 0 bridgehead atoms. The summed E-state index contributed by atoms with van der Waals surface area (Å²) < 4.78 is 6.41. The Morgan fingerprint density at radius 2 is 1.91 bits per heavy atom. The van der Waals surface area contributed by atoms with Gasteiger partial charge in [0.1, 0.15) is 5.75 Å². The van der Waals surface area contributed by atoms with Gasteiger partial charge < -0.3 is 4.74 Å². The maximum atomic E-state index is 13.2. The molecule has 1 amide bonds. The number of anilines is 1. The van der Waals surface area contributed by atoms with Gasteiger partial charge in [0.2, 0.25) is 0 Å². The number of amides is 1. The number of methoxy groups -OCH3 is 1. The van der Waals surface area contributed by atoms with Crippen molar-refractivity contribution in [1.29, 1.82) is 0 Å². The molecule has 0 atom stereocenters. The zero-order valence-electron chi connectivity index (χ0n) is 17.4. The Morgan fingerprint density at radius 3 is 2.73 bits per heavy atom. The highest BCUT2D eigenvalue weighted by Gasteiger charge is 2.17. The van der Waals surface area contributed by atoms with Crippen molar-refractivity contribution >= 4 is 44.2 Å². The summed E-state index contributed by atoms with van der Waals surface area (Å²) in [5, 5.41) is 4.03. The average molecular weight is 473 g/mol. The number of carbonyl (C=O) groups is 1. The summed E-state index contributed by atoms with van der Waals surface area (Å²) in [6, 6.07) is 18.8. The summed E-state index contributed by atoms with van der Waals surface area (Å²) >= 11 is 7.35. The third-order valence-electron chi connectivity index (χ3n) is 5.09. The maximum Gasteiger partial charge on any atom is 0.258 e. The van der Waals surface area contributed by atoms with Crippen LogP contribution in [0.5, 0.6) is 5.75 Å². The van der Waals surface area contributed by atoms with Crippen LogP contribution in [0, 0.1) is 0 Å². The minimum atomic E-state index is -0.267. The molecule has 0 aliphatic heterocycles. The van der Waals surface area contributed by atoms with Crippen LogP contribution < -0.4 is 10.1 Å². The van der Waals surface area contributed by atoms with Crippen LogP contribution >= 0.6 is 22.9 Å². The van der Waals surface area contributed by atoms with Gasteiger partial charge in [-0.05, 0) is 36.4 Å². The first-order chi connectivity index (χ1) is 16.1. The predicted octanol–water partition coefficient (Wildman–Crippen LogP) is 6.33. The minimum Gasteiger partial charge on any atom is -0.496 e. The van der Waals surface area contributed by atoms with E-state index < -0.39 is 0 Å². The first kappa shape index (κ1) is 21.1. The zero-order chi connectivity index (χ0) is 22.8. The highest BCUT2D eigenvalue weighted by molar-refractivity contribution is 7.22. The molecule has 0 radical (unpaired) electrons. The van der Waals surface area contributed by atoms with Gasteiger partial charge in [-0.2, -0.15) is 0 Å². The molecule has 33 heavy (non-hydrogen) atoms. The van der Waals surface area contributed by atoms with Gasteiger partial charge in [-0.25, -0.2) is 4.98 Å². The number of rotatable bonds is 5. The fourth-order valence-corrected chi connectivity index (χ4v) is 4.53. The quantitative estimate of drug-likeness (QED) is 0.323. The van der Waals surface area contributed by atoms with Crippen LogP contribution in [-0.2, 0) is 0 Å². The van der Waals surface area contributed by atoms with Crippen molar-refractivity contribution in [2.75, 3.05) is 12.4 Å². The van der Waals surface area contributed by atoms with Crippen LogP contribution in [0.25, 0.3) is 32.6 Å². The fraction of sp³-hybridized carbons (Fsp3) is 0.0400. The molecule has 3 aromatic heterocycles. The molecule has 0 unspecified atom stereocenters. The summed E-state index contributed by atoms with van der Waals surface area (Å²) in [6.07, 6.45) is 4.88. The second kappa shape index (κ2) is 8.97. The lowest BCUT2D eigenvalue weighted by Gasteiger charge is -2.12. The Labute approximate surface area is 198 Å². The summed E-state index contributed by atoms with van der Waals surface area (Å²) in [5.74, 6) is 0.403. The summed E-state index contributed by atoms with van der Waals surface area (Å²) in [6.45, 7) is 0. The van der Waals surface area contributed by atoms with Crippen LogP contribution in [0.2, 0.25) is 5.02 Å². The van der Waals surface area contributed by atoms with Gasteiger partial charge in [0.25, 0.3) is 5.91 Å². The average Bonchev–Trinajstić information content (AvgIpc) is 3.26. The van der Waals surface area contributed by atoms with Crippen molar-refractivity contribution in [1.82, 2.24) is 15.0 Å². The number of para-hydroxylation sites is 1. The van der Waals surface area contributed by atoms with E-state index in [-0.39, 0.29) is 5.91 Å². The normalized spacial score (nSPS) is 10.8. The highest BCUT2D eigenvalue weighted by atomic mass is 35.5. The van der Waals surface area contributed by atoms with Gasteiger partial charge in [-0.3, -0.25) is 20.1 Å². The van der Waals surface area contributed by atoms with Crippen molar-refractivity contribution < 1.29 is 9.53 Å². The number of pyridine rings is 2. The van der Waals surface area contributed by atoms with Crippen LogP contribution in [0.4, 0.5) is 5.13 Å². The largest absolute Gasteiger partial charge is 0.496 e. The molecule has 0 saturated carbocycles. The lowest BCUT2D eigenvalue weighted by Crippen LogP contribution is -2.13. The van der Waals surface area contributed by atoms with Crippen molar-refractivity contribution in [3.05, 3.63) is 89.8 Å². The van der Waals surface area contributed by atoms with Crippen LogP contribution in [0.3, 0.4) is 0 Å². The van der Waals surface area contributed by atoms with Gasteiger partial charge in [0.15, 0.2) is 5.13 Å². The number of fused-ring (bicyclic) bond motifs is 1. The van der Waals surface area contributed by atoms with E-state index in [0.29, 0.717) is 27.0 Å². The van der Waals surface area contributed by atoms with Crippen molar-refractivity contribution in [2.24, 2.45) is 0 Å². The Bertz CT molecular complexity index is 1470. The summed E-state index contributed by atoms with van der Waals surface area (Å²) in [4.78, 5) is 26.3. The molecule has 0 spiro atoms. The second-order valence-corrected chi connectivity index (χ2v) is 8.61. The molecule has 162 valence electrons. The first-order valence-corrected chi connectivity index (χ1v) is 11.2. The number of halogens is 1. The predicted molar refractivity (Wildman–Crippen MR) is 132 cm³/mol. The van der Waals surface area contributed by atoms with E-state index in [1.807, 2.05) is 48.5 Å². The third kappa shape index (κ3) is 4.28. The number of hydrogen-bond acceptors (Lipinski definition) is 6. The summed E-state index contributed by atoms with van der Waals surface area (Å²) in [7, 11) is 1.60. The number of ether oxygens (including phenoxy) is 1. The fourth-order valence-electron chi connectivity index (χ4n) is 3.52. The van der Waals surface area contributed by atoms with Gasteiger partial charge in [0.05, 0.1) is 33.6 Å². The van der Waals surface area contributed by atoms with E-state index in [9.17, 15) is 4.79 Å². The zero-order valence-corrected chi connectivity index (χ0v) is 19.0. The molecule has 8 heteroatoms. The molecular weight excluding hydrogens is 456 g/mol. The monoisotopic (exact) mass is 472 g/mol. The smallest absolute Gasteiger partial charge is 0.258 e. The Hall–Kier alpha value is -3.81. The molecule has 2 aromatic carbocycles. The number of carbonyl (C=O) groups excluding carboxylic acids is 1. The molecule has 0 aliphatic rings. The molecular formula is C25H17ClN4O2S. The van der Waals surface area contributed by atoms with Crippen molar-refractivity contribution in [3.8, 4) is 28.1 Å². The second-order valence-electron chi connectivity index (χ2n) is 7.14. The lowest BCUT2D eigenvalue weighted by molar-refractivity contribution is 0.102. The van der Waals surface area contributed by atoms with E-state index in [1.54, 1.807) is 37.8 Å². The third-order valence-corrected chi connectivity index (χ3v) is 6.25. The molecule has 0 fully saturated rings. The van der Waals surface area contributed by atoms with Crippen LogP contribution in [0.1, 0.15) is 10.4 Å². The van der Waals surface area contributed by atoms with Gasteiger partial charge in [-0.1, -0.05) is 47.2 Å². The van der Waals surface area contributed by atoms with Gasteiger partial charge >= 0.3 is 0 Å². The van der Waals surface area contributed by atoms with E-state index in [2.05, 4.69) is 20.3 Å². The number of thiazole rings is 1. The minimum absolute atomic E-state index is 0.267. The molecule has 5 rings (SSSR count). The molecule has 5 aromatic rings. The van der Waals surface area contributed by atoms with Crippen LogP contribution in [-0.4, -0.2) is 28.0 Å². The molecule has 0 aliphatic carbocycles. The van der Waals surface area contributed by atoms with Crippen molar-refractivity contribution in [2.45, 2.75) is 0 Å². The van der Waals surface area contributed by atoms with Gasteiger partial charge in [0, 0.05) is 35.3 Å². The molecule has 0 saturated heterocycles. The topological polar surface area (TPSA) is 77.0 Å². The number of nitrogens with one attached hydrogen (secondary N) is 1. The molecule has 3 heterocycles. The van der Waals surface area contributed by atoms with Crippen LogP contribution in [0.15, 0.2) is 79.3 Å².